The number of carbonyl (C=O) groups excluding carboxylic acids is 3. The van der Waals surface area contributed by atoms with Gasteiger partial charge >= 0.3 is 11.9 Å². The van der Waals surface area contributed by atoms with Crippen LogP contribution in [0.15, 0.2) is 72.9 Å². The zero-order valence-corrected chi connectivity index (χ0v) is 37.0. The van der Waals surface area contributed by atoms with Crippen LogP contribution in [0.25, 0.3) is 0 Å². The highest BCUT2D eigenvalue weighted by atomic mass is 16.6. The molecule has 57 heavy (non-hydrogen) atoms. The highest BCUT2D eigenvalue weighted by Gasteiger charge is 2.25. The number of aliphatic carboxylic acids is 1. The van der Waals surface area contributed by atoms with Crippen LogP contribution in [0.2, 0.25) is 0 Å². The zero-order valence-electron chi connectivity index (χ0n) is 37.0. The molecule has 2 unspecified atom stereocenters. The Kier molecular flexibility index (Phi) is 37.3. The van der Waals surface area contributed by atoms with Gasteiger partial charge in [0.1, 0.15) is 12.6 Å². The maximum Gasteiger partial charge on any atom is 0.306 e. The van der Waals surface area contributed by atoms with Crippen LogP contribution in [0.5, 0.6) is 0 Å². The molecule has 0 aliphatic heterocycles. The van der Waals surface area contributed by atoms with Crippen LogP contribution in [0.1, 0.15) is 168 Å². The Morgan fingerprint density at radius 3 is 1.49 bits per heavy atom. The number of likely N-dealkylation sites (N-methyl/N-ethyl adjacent to an activating group) is 1. The number of rotatable bonds is 39. The van der Waals surface area contributed by atoms with Crippen molar-refractivity contribution in [2.75, 3.05) is 41.0 Å². The first-order chi connectivity index (χ1) is 27.6. The van der Waals surface area contributed by atoms with Crippen molar-refractivity contribution in [3.05, 3.63) is 72.9 Å². The molecular formula is C49H83NO7. The van der Waals surface area contributed by atoms with E-state index in [1.807, 2.05) is 36.5 Å². The summed E-state index contributed by atoms with van der Waals surface area (Å²) in [6.07, 6.45) is 49.1. The van der Waals surface area contributed by atoms with E-state index in [0.717, 1.165) is 64.2 Å². The number of carbonyl (C=O) groups is 3. The van der Waals surface area contributed by atoms with Crippen molar-refractivity contribution in [3.63, 3.8) is 0 Å². The molecule has 0 aliphatic carbocycles. The molecule has 0 amide bonds. The zero-order chi connectivity index (χ0) is 42.1. The first kappa shape index (κ1) is 53.8. The van der Waals surface area contributed by atoms with Gasteiger partial charge in [0.05, 0.1) is 40.3 Å². The fourth-order valence-electron chi connectivity index (χ4n) is 6.15. The van der Waals surface area contributed by atoms with E-state index in [0.29, 0.717) is 12.8 Å². The van der Waals surface area contributed by atoms with Gasteiger partial charge in [-0.3, -0.25) is 9.59 Å². The summed E-state index contributed by atoms with van der Waals surface area (Å²) in [7, 11) is 5.39. The van der Waals surface area contributed by atoms with Crippen molar-refractivity contribution in [1.29, 1.82) is 0 Å². The number of allylic oxidation sites excluding steroid dienone is 12. The number of quaternary nitrogens is 1. The Bertz CT molecular complexity index is 1160. The minimum atomic E-state index is -1.13. The van der Waals surface area contributed by atoms with E-state index in [-0.39, 0.29) is 42.7 Å². The lowest BCUT2D eigenvalue weighted by molar-refractivity contribution is -0.889. The van der Waals surface area contributed by atoms with E-state index in [2.05, 4.69) is 50.3 Å². The molecule has 8 nitrogen and oxygen atoms in total. The summed E-state index contributed by atoms with van der Waals surface area (Å²) >= 11 is 0. The van der Waals surface area contributed by atoms with Crippen LogP contribution in [0, 0.1) is 0 Å². The van der Waals surface area contributed by atoms with Crippen molar-refractivity contribution >= 4 is 17.9 Å². The lowest BCUT2D eigenvalue weighted by atomic mass is 10.1. The molecule has 0 saturated carbocycles. The fraction of sp³-hybridized carbons (Fsp3) is 0.694. The van der Waals surface area contributed by atoms with E-state index < -0.39 is 18.1 Å². The molecule has 8 heteroatoms. The number of carboxylic acid groups (broad SMARTS) is 1. The Hall–Kier alpha value is -3.23. The van der Waals surface area contributed by atoms with Crippen molar-refractivity contribution in [2.24, 2.45) is 0 Å². The molecule has 0 aromatic heterocycles. The van der Waals surface area contributed by atoms with E-state index in [1.54, 1.807) is 21.1 Å². The van der Waals surface area contributed by atoms with Crippen LogP contribution < -0.4 is 5.11 Å². The molecule has 0 N–H and O–H groups in total. The Morgan fingerprint density at radius 1 is 0.526 bits per heavy atom. The lowest BCUT2D eigenvalue weighted by Crippen LogP contribution is -2.55. The van der Waals surface area contributed by atoms with Gasteiger partial charge in [0.25, 0.3) is 0 Å². The molecule has 0 fully saturated rings. The lowest BCUT2D eigenvalue weighted by Gasteiger charge is -2.34. The molecular weight excluding hydrogens is 715 g/mol. The van der Waals surface area contributed by atoms with E-state index >= 15 is 0 Å². The summed E-state index contributed by atoms with van der Waals surface area (Å²) in [4.78, 5) is 36.9. The van der Waals surface area contributed by atoms with Crippen molar-refractivity contribution in [2.45, 2.75) is 180 Å². The van der Waals surface area contributed by atoms with Gasteiger partial charge in [-0.05, 0) is 57.8 Å². The largest absolute Gasteiger partial charge is 0.544 e. The Labute approximate surface area is 349 Å². The maximum absolute atomic E-state index is 12.7. The van der Waals surface area contributed by atoms with Gasteiger partial charge in [-0.15, -0.1) is 0 Å². The van der Waals surface area contributed by atoms with Gasteiger partial charge in [0.15, 0.2) is 6.10 Å². The number of carboxylic acids is 1. The second-order valence-corrected chi connectivity index (χ2v) is 16.0. The minimum Gasteiger partial charge on any atom is -0.544 e. The quantitative estimate of drug-likeness (QED) is 0.0201. The van der Waals surface area contributed by atoms with E-state index in [4.69, 9.17) is 14.2 Å². The number of unbranched alkanes of at least 4 members (excludes halogenated alkanes) is 17. The van der Waals surface area contributed by atoms with Crippen LogP contribution in [-0.4, -0.2) is 75.5 Å². The molecule has 0 saturated heterocycles. The third kappa shape index (κ3) is 38.1. The number of nitrogens with zero attached hydrogens (tertiary/aromatic N) is 1. The van der Waals surface area contributed by atoms with Gasteiger partial charge in [0.2, 0.25) is 0 Å². The summed E-state index contributed by atoms with van der Waals surface area (Å²) in [6.45, 7) is 4.52. The van der Waals surface area contributed by atoms with Gasteiger partial charge in [0, 0.05) is 19.3 Å². The number of esters is 2. The number of ether oxygens (including phenoxy) is 3. The van der Waals surface area contributed by atoms with E-state index in [1.165, 1.54) is 70.6 Å². The van der Waals surface area contributed by atoms with Gasteiger partial charge in [-0.25, -0.2) is 0 Å². The molecule has 0 radical (unpaired) electrons. The van der Waals surface area contributed by atoms with Crippen LogP contribution >= 0.6 is 0 Å². The molecule has 0 aliphatic rings. The molecule has 2 atom stereocenters. The average Bonchev–Trinajstić information content (AvgIpc) is 3.17. The molecule has 326 valence electrons. The molecule has 0 rings (SSSR count). The second kappa shape index (κ2) is 39.6. The summed E-state index contributed by atoms with van der Waals surface area (Å²) in [5, 5.41) is 11.6. The normalized spacial score (nSPS) is 13.6. The molecule has 0 bridgehead atoms. The summed E-state index contributed by atoms with van der Waals surface area (Å²) in [6, 6.07) is -0.734. The van der Waals surface area contributed by atoms with Crippen LogP contribution in [0.3, 0.4) is 0 Å². The van der Waals surface area contributed by atoms with Crippen LogP contribution in [0.4, 0.5) is 0 Å². The molecule has 0 aromatic rings. The second-order valence-electron chi connectivity index (χ2n) is 16.0. The van der Waals surface area contributed by atoms with E-state index in [9.17, 15) is 19.5 Å². The third-order valence-corrected chi connectivity index (χ3v) is 9.67. The average molecular weight is 798 g/mol. The Balaban J connectivity index is 4.41. The van der Waals surface area contributed by atoms with Gasteiger partial charge in [-0.1, -0.05) is 164 Å². The SMILES string of the molecule is CCC/C=C/C=C/C=C/C=C/C=C/CCCCCCCC(=O)OCC(COCCC(C(=O)[O-])[N+](C)(C)C)OC(=O)CCCCCCCCC/C=C/CCCCCC. The summed E-state index contributed by atoms with van der Waals surface area (Å²) in [5.41, 5.74) is 0. The fourth-order valence-corrected chi connectivity index (χ4v) is 6.15. The van der Waals surface area contributed by atoms with Crippen molar-refractivity contribution in [3.8, 4) is 0 Å². The van der Waals surface area contributed by atoms with Crippen LogP contribution in [-0.2, 0) is 28.6 Å². The molecule has 0 aromatic carbocycles. The van der Waals surface area contributed by atoms with Crippen molar-refractivity contribution in [1.82, 2.24) is 0 Å². The summed E-state index contributed by atoms with van der Waals surface area (Å²) in [5.74, 6) is -1.78. The summed E-state index contributed by atoms with van der Waals surface area (Å²) < 4.78 is 17.1. The molecule has 0 heterocycles. The van der Waals surface area contributed by atoms with Gasteiger partial charge in [-0.2, -0.15) is 0 Å². The third-order valence-electron chi connectivity index (χ3n) is 9.67. The smallest absolute Gasteiger partial charge is 0.306 e. The first-order valence-electron chi connectivity index (χ1n) is 22.5. The predicted molar refractivity (Wildman–Crippen MR) is 235 cm³/mol. The Morgan fingerprint density at radius 2 is 0.982 bits per heavy atom. The highest BCUT2D eigenvalue weighted by molar-refractivity contribution is 5.70. The topological polar surface area (TPSA) is 102 Å². The van der Waals surface area contributed by atoms with Crippen molar-refractivity contribution < 1.29 is 38.2 Å². The maximum atomic E-state index is 12.7. The molecule has 0 spiro atoms. The highest BCUT2D eigenvalue weighted by Crippen LogP contribution is 2.13. The minimum absolute atomic E-state index is 0.0271. The monoisotopic (exact) mass is 798 g/mol. The first-order valence-corrected chi connectivity index (χ1v) is 22.5. The standard InChI is InChI=1S/C49H83NO7/c1-6-8-10-12-14-16-18-20-22-23-24-26-27-29-31-33-35-37-39-47(51)56-44-45(43-55-42-41-46(49(53)54)50(3,4)5)57-48(52)40-38-36-34-32-30-28-25-21-19-17-15-13-11-9-7-2/h10,12,14,16-20,22-24,26,45-46H,6-9,11,13,15,21,25,27-44H2,1-5H3/b12-10+,16-14+,19-17+,20-18+,23-22+,26-24+. The van der Waals surface area contributed by atoms with Gasteiger partial charge < -0.3 is 28.6 Å². The number of hydrogen-bond acceptors (Lipinski definition) is 7. The number of hydrogen-bond donors (Lipinski definition) is 0. The predicted octanol–water partition coefficient (Wildman–Crippen LogP) is 11.0.